The number of amides is 1. The van der Waals surface area contributed by atoms with Gasteiger partial charge in [-0.15, -0.1) is 0 Å². The van der Waals surface area contributed by atoms with Crippen LogP contribution >= 0.6 is 0 Å². The number of nitrogens with zero attached hydrogens (tertiary/aromatic N) is 2. The molecule has 39 heavy (non-hydrogen) atoms. The molecule has 0 aliphatic rings. The van der Waals surface area contributed by atoms with Gasteiger partial charge in [-0.1, -0.05) is 54.6 Å². The first-order valence-corrected chi connectivity index (χ1v) is 11.9. The van der Waals surface area contributed by atoms with E-state index in [9.17, 15) is 27.5 Å². The van der Waals surface area contributed by atoms with Crippen molar-refractivity contribution in [3.05, 3.63) is 120 Å². The third-order valence-corrected chi connectivity index (χ3v) is 6.26. The van der Waals surface area contributed by atoms with Crippen LogP contribution in [0.2, 0.25) is 0 Å². The van der Waals surface area contributed by atoms with Gasteiger partial charge in [-0.05, 0) is 58.7 Å². The van der Waals surface area contributed by atoms with Gasteiger partial charge in [0.15, 0.2) is 11.8 Å². The van der Waals surface area contributed by atoms with Gasteiger partial charge >= 0.3 is 6.18 Å². The Morgan fingerprint density at radius 2 is 1.56 bits per heavy atom. The van der Waals surface area contributed by atoms with Crippen LogP contribution in [0.25, 0.3) is 33.4 Å². The summed E-state index contributed by atoms with van der Waals surface area (Å²) in [6, 6.07) is 23.7. The molecule has 1 unspecified atom stereocenters. The van der Waals surface area contributed by atoms with Crippen molar-refractivity contribution in [2.24, 2.45) is 0 Å². The summed E-state index contributed by atoms with van der Waals surface area (Å²) in [7, 11) is 0. The minimum absolute atomic E-state index is 0.0967. The number of hydrogen-bond donors (Lipinski definition) is 2. The summed E-state index contributed by atoms with van der Waals surface area (Å²) >= 11 is 0. The molecular weight excluding hydrogens is 510 g/mol. The van der Waals surface area contributed by atoms with Crippen LogP contribution in [0.15, 0.2) is 97.2 Å². The molecule has 5 rings (SSSR count). The molecule has 0 saturated heterocycles. The van der Waals surface area contributed by atoms with Crippen molar-refractivity contribution < 1.29 is 27.5 Å². The number of carbonyl (C=O) groups excluding carboxylic acids is 1. The van der Waals surface area contributed by atoms with Gasteiger partial charge in [-0.3, -0.25) is 4.79 Å². The van der Waals surface area contributed by atoms with E-state index in [0.717, 1.165) is 23.1 Å². The van der Waals surface area contributed by atoms with Gasteiger partial charge in [0.05, 0.1) is 11.3 Å². The normalized spacial score (nSPS) is 12.3. The van der Waals surface area contributed by atoms with Crippen molar-refractivity contribution >= 4 is 16.9 Å². The van der Waals surface area contributed by atoms with Crippen LogP contribution in [0.4, 0.5) is 17.6 Å². The smallest absolute Gasteiger partial charge is 0.378 e. The van der Waals surface area contributed by atoms with Crippen LogP contribution < -0.4 is 5.32 Å². The summed E-state index contributed by atoms with van der Waals surface area (Å²) in [5.41, 5.74) is 2.57. The number of aliphatic hydroxyl groups excluding tert-OH is 1. The number of aliphatic hydroxyl groups is 1. The standard InChI is InChI=1S/C30H21F4N3O2/c31-25-13-11-23(16-24(25)30(32,33)34)19-5-3-18(4-6-19)17-36-29(39)27(38)21-9-7-20(8-10-21)26-14-12-22-2-1-15-35-28(22)37-26/h1-16,27,38H,17H2,(H,36,39). The van der Waals surface area contributed by atoms with Crippen molar-refractivity contribution in [3.8, 4) is 22.4 Å². The Bertz CT molecular complexity index is 1640. The van der Waals surface area contributed by atoms with E-state index in [1.54, 1.807) is 54.7 Å². The lowest BCUT2D eigenvalue weighted by Gasteiger charge is -2.13. The van der Waals surface area contributed by atoms with Crippen LogP contribution in [0, 0.1) is 5.82 Å². The van der Waals surface area contributed by atoms with Crippen LogP contribution in [0.1, 0.15) is 22.8 Å². The highest BCUT2D eigenvalue weighted by atomic mass is 19.4. The van der Waals surface area contributed by atoms with E-state index >= 15 is 0 Å². The summed E-state index contributed by atoms with van der Waals surface area (Å²) in [6.07, 6.45) is -4.52. The Balaban J connectivity index is 1.21. The number of benzene rings is 3. The fourth-order valence-corrected chi connectivity index (χ4v) is 4.12. The number of pyridine rings is 2. The third kappa shape index (κ3) is 5.78. The minimum Gasteiger partial charge on any atom is -0.378 e. The topological polar surface area (TPSA) is 75.1 Å². The number of hydrogen-bond acceptors (Lipinski definition) is 4. The van der Waals surface area contributed by atoms with Crippen molar-refractivity contribution in [2.75, 3.05) is 0 Å². The fourth-order valence-electron chi connectivity index (χ4n) is 4.12. The van der Waals surface area contributed by atoms with E-state index in [1.165, 1.54) is 6.07 Å². The van der Waals surface area contributed by atoms with Crippen LogP contribution in [0.3, 0.4) is 0 Å². The van der Waals surface area contributed by atoms with E-state index < -0.39 is 29.6 Å². The minimum atomic E-state index is -4.80. The molecule has 0 fully saturated rings. The first-order chi connectivity index (χ1) is 18.7. The van der Waals surface area contributed by atoms with E-state index in [4.69, 9.17) is 0 Å². The zero-order valence-corrected chi connectivity index (χ0v) is 20.3. The van der Waals surface area contributed by atoms with E-state index in [2.05, 4.69) is 15.3 Å². The number of nitrogens with one attached hydrogen (secondary N) is 1. The van der Waals surface area contributed by atoms with Gasteiger partial charge in [-0.2, -0.15) is 13.2 Å². The zero-order chi connectivity index (χ0) is 27.6. The first-order valence-electron chi connectivity index (χ1n) is 11.9. The lowest BCUT2D eigenvalue weighted by atomic mass is 10.0. The maximum absolute atomic E-state index is 13.6. The molecule has 3 aromatic carbocycles. The van der Waals surface area contributed by atoms with E-state index in [0.29, 0.717) is 28.0 Å². The number of rotatable bonds is 6. The maximum Gasteiger partial charge on any atom is 0.419 e. The lowest BCUT2D eigenvalue weighted by molar-refractivity contribution is -0.140. The van der Waals surface area contributed by atoms with Crippen LogP contribution in [0.5, 0.6) is 0 Å². The second-order valence-corrected chi connectivity index (χ2v) is 8.88. The molecule has 196 valence electrons. The van der Waals surface area contributed by atoms with Gasteiger partial charge in [0.2, 0.25) is 0 Å². The van der Waals surface area contributed by atoms with Gasteiger partial charge in [-0.25, -0.2) is 14.4 Å². The molecule has 0 aliphatic carbocycles. The highest BCUT2D eigenvalue weighted by molar-refractivity contribution is 5.82. The van der Waals surface area contributed by atoms with Crippen LogP contribution in [-0.2, 0) is 17.5 Å². The van der Waals surface area contributed by atoms with Gasteiger partial charge in [0.25, 0.3) is 5.91 Å². The monoisotopic (exact) mass is 531 g/mol. The molecular formula is C30H21F4N3O2. The highest BCUT2D eigenvalue weighted by Gasteiger charge is 2.34. The number of halogens is 4. The van der Waals surface area contributed by atoms with Crippen molar-refractivity contribution in [2.45, 2.75) is 18.8 Å². The van der Waals surface area contributed by atoms with E-state index in [-0.39, 0.29) is 12.1 Å². The first kappa shape index (κ1) is 26.0. The summed E-state index contributed by atoms with van der Waals surface area (Å²) in [4.78, 5) is 21.3. The molecule has 2 aromatic heterocycles. The second-order valence-electron chi connectivity index (χ2n) is 8.88. The average Bonchev–Trinajstić information content (AvgIpc) is 2.95. The van der Waals surface area contributed by atoms with E-state index in [1.807, 2.05) is 24.3 Å². The number of fused-ring (bicyclic) bond motifs is 1. The molecule has 2 N–H and O–H groups in total. The molecule has 1 amide bonds. The third-order valence-electron chi connectivity index (χ3n) is 6.26. The lowest BCUT2D eigenvalue weighted by Crippen LogP contribution is -2.28. The van der Waals surface area contributed by atoms with Gasteiger partial charge < -0.3 is 10.4 Å². The Hall–Kier alpha value is -4.63. The molecule has 5 nitrogen and oxygen atoms in total. The quantitative estimate of drug-likeness (QED) is 0.246. The van der Waals surface area contributed by atoms with Gasteiger partial charge in [0.1, 0.15) is 5.82 Å². The number of carbonyl (C=O) groups is 1. The largest absolute Gasteiger partial charge is 0.419 e. The van der Waals surface area contributed by atoms with Gasteiger partial charge in [0, 0.05) is 23.7 Å². The Morgan fingerprint density at radius 1 is 0.872 bits per heavy atom. The predicted octanol–water partition coefficient (Wildman–Crippen LogP) is 6.47. The zero-order valence-electron chi connectivity index (χ0n) is 20.3. The Labute approximate surface area is 220 Å². The molecule has 0 bridgehead atoms. The maximum atomic E-state index is 13.6. The Kier molecular flexibility index (Phi) is 7.08. The molecule has 0 spiro atoms. The molecule has 9 heteroatoms. The van der Waals surface area contributed by atoms with Crippen LogP contribution in [-0.4, -0.2) is 21.0 Å². The van der Waals surface area contributed by atoms with Crippen molar-refractivity contribution in [3.63, 3.8) is 0 Å². The Morgan fingerprint density at radius 3 is 2.28 bits per heavy atom. The fraction of sp³-hybridized carbons (Fsp3) is 0.100. The predicted molar refractivity (Wildman–Crippen MR) is 139 cm³/mol. The number of alkyl halides is 3. The summed E-state index contributed by atoms with van der Waals surface area (Å²) < 4.78 is 52.6. The summed E-state index contributed by atoms with van der Waals surface area (Å²) in [6.45, 7) is 0.0967. The SMILES string of the molecule is O=C(NCc1ccc(-c2ccc(F)c(C(F)(F)F)c2)cc1)C(O)c1ccc(-c2ccc3cccnc3n2)cc1. The van der Waals surface area contributed by atoms with Crippen molar-refractivity contribution in [1.82, 2.24) is 15.3 Å². The summed E-state index contributed by atoms with van der Waals surface area (Å²) in [5, 5.41) is 14.1. The molecule has 1 atom stereocenters. The van der Waals surface area contributed by atoms with Crippen molar-refractivity contribution in [1.29, 1.82) is 0 Å². The molecule has 5 aromatic rings. The number of aromatic nitrogens is 2. The highest BCUT2D eigenvalue weighted by Crippen LogP contribution is 2.34. The summed E-state index contributed by atoms with van der Waals surface area (Å²) in [5.74, 6) is -1.94. The molecule has 2 heterocycles. The molecule has 0 aliphatic heterocycles. The molecule has 0 radical (unpaired) electrons. The second kappa shape index (κ2) is 10.6. The average molecular weight is 532 g/mol. The molecule has 0 saturated carbocycles.